The van der Waals surface area contributed by atoms with Crippen LogP contribution in [0, 0.1) is 0 Å². The largest absolute Gasteiger partial charge is 0.497 e. The second-order valence-electron chi connectivity index (χ2n) is 4.61. The van der Waals surface area contributed by atoms with Gasteiger partial charge >= 0.3 is 0 Å². The fraction of sp³-hybridized carbons (Fsp3) is 0.200. The summed E-state index contributed by atoms with van der Waals surface area (Å²) in [7, 11) is -1.93. The number of methoxy groups -OCH3 is 1. The van der Waals surface area contributed by atoms with Crippen molar-refractivity contribution in [2.24, 2.45) is 5.73 Å². The summed E-state index contributed by atoms with van der Waals surface area (Å²) in [6.45, 7) is 0.440. The van der Waals surface area contributed by atoms with Gasteiger partial charge in [0.05, 0.1) is 18.6 Å². The molecule has 0 saturated heterocycles. The van der Waals surface area contributed by atoms with E-state index in [1.165, 1.54) is 7.11 Å². The molecule has 5 nitrogen and oxygen atoms in total. The highest BCUT2D eigenvalue weighted by Crippen LogP contribution is 2.19. The number of ether oxygens (including phenoxy) is 1. The van der Waals surface area contributed by atoms with E-state index in [-0.39, 0.29) is 5.75 Å². The molecule has 0 radical (unpaired) electrons. The SMILES string of the molecule is COc1cccc(NS(=O)(=O)Cc2ccc(CN)cc2)c1. The first kappa shape index (κ1) is 15.3. The monoisotopic (exact) mass is 306 g/mol. The summed E-state index contributed by atoms with van der Waals surface area (Å²) in [5.74, 6) is 0.511. The minimum absolute atomic E-state index is 0.0882. The van der Waals surface area contributed by atoms with Crippen LogP contribution in [0.1, 0.15) is 11.1 Å². The summed E-state index contributed by atoms with van der Waals surface area (Å²) in [5, 5.41) is 0. The van der Waals surface area contributed by atoms with Gasteiger partial charge in [-0.1, -0.05) is 30.3 Å². The molecule has 0 aliphatic carbocycles. The summed E-state index contributed by atoms with van der Waals surface area (Å²) in [6.07, 6.45) is 0. The molecule has 0 saturated carbocycles. The number of anilines is 1. The van der Waals surface area contributed by atoms with Crippen molar-refractivity contribution in [3.05, 3.63) is 59.7 Å². The lowest BCUT2D eigenvalue weighted by Gasteiger charge is -2.09. The first-order valence-corrected chi connectivity index (χ1v) is 8.10. The van der Waals surface area contributed by atoms with E-state index < -0.39 is 10.0 Å². The fourth-order valence-electron chi connectivity index (χ4n) is 1.89. The van der Waals surface area contributed by atoms with Gasteiger partial charge in [-0.05, 0) is 23.3 Å². The van der Waals surface area contributed by atoms with Crippen LogP contribution >= 0.6 is 0 Å². The lowest BCUT2D eigenvalue weighted by atomic mass is 10.1. The van der Waals surface area contributed by atoms with Gasteiger partial charge in [-0.15, -0.1) is 0 Å². The Bertz CT molecular complexity index is 697. The van der Waals surface area contributed by atoms with E-state index in [9.17, 15) is 8.42 Å². The highest BCUT2D eigenvalue weighted by Gasteiger charge is 2.12. The van der Waals surface area contributed by atoms with E-state index in [2.05, 4.69) is 4.72 Å². The van der Waals surface area contributed by atoms with Crippen molar-refractivity contribution in [1.29, 1.82) is 0 Å². The Balaban J connectivity index is 2.10. The molecule has 6 heteroatoms. The molecule has 0 heterocycles. The molecule has 0 amide bonds. The molecule has 0 aliphatic heterocycles. The number of hydrogen-bond donors (Lipinski definition) is 2. The Labute approximate surface area is 124 Å². The smallest absolute Gasteiger partial charge is 0.236 e. The van der Waals surface area contributed by atoms with Crippen molar-refractivity contribution >= 4 is 15.7 Å². The van der Waals surface area contributed by atoms with Crippen LogP contribution in [-0.4, -0.2) is 15.5 Å². The molecule has 21 heavy (non-hydrogen) atoms. The van der Waals surface area contributed by atoms with Crippen LogP contribution in [0.3, 0.4) is 0 Å². The van der Waals surface area contributed by atoms with Gasteiger partial charge in [0.2, 0.25) is 10.0 Å². The van der Waals surface area contributed by atoms with Crippen LogP contribution in [0.2, 0.25) is 0 Å². The lowest BCUT2D eigenvalue weighted by Crippen LogP contribution is -2.15. The predicted octanol–water partition coefficient (Wildman–Crippen LogP) is 2.10. The first-order chi connectivity index (χ1) is 10.0. The van der Waals surface area contributed by atoms with Crippen molar-refractivity contribution in [1.82, 2.24) is 0 Å². The molecule has 2 rings (SSSR count). The Morgan fingerprint density at radius 2 is 1.76 bits per heavy atom. The zero-order valence-electron chi connectivity index (χ0n) is 11.7. The van der Waals surface area contributed by atoms with Gasteiger partial charge in [-0.3, -0.25) is 4.72 Å². The minimum atomic E-state index is -3.47. The van der Waals surface area contributed by atoms with Crippen LogP contribution in [0.25, 0.3) is 0 Å². The molecule has 3 N–H and O–H groups in total. The predicted molar refractivity (Wildman–Crippen MR) is 83.6 cm³/mol. The summed E-state index contributed by atoms with van der Waals surface area (Å²) < 4.78 is 31.9. The van der Waals surface area contributed by atoms with Crippen LogP contribution in [0.4, 0.5) is 5.69 Å². The highest BCUT2D eigenvalue weighted by atomic mass is 32.2. The van der Waals surface area contributed by atoms with Crippen molar-refractivity contribution in [2.45, 2.75) is 12.3 Å². The third-order valence-electron chi connectivity index (χ3n) is 2.96. The van der Waals surface area contributed by atoms with Gasteiger partial charge in [0, 0.05) is 12.6 Å². The zero-order valence-corrected chi connectivity index (χ0v) is 12.6. The summed E-state index contributed by atoms with van der Waals surface area (Å²) in [4.78, 5) is 0. The van der Waals surface area contributed by atoms with E-state index in [4.69, 9.17) is 10.5 Å². The fourth-order valence-corrected chi connectivity index (χ4v) is 3.08. The maximum absolute atomic E-state index is 12.1. The molecule has 0 atom stereocenters. The second-order valence-corrected chi connectivity index (χ2v) is 6.34. The quantitative estimate of drug-likeness (QED) is 0.856. The van der Waals surface area contributed by atoms with E-state index in [1.807, 2.05) is 12.1 Å². The van der Waals surface area contributed by atoms with Gasteiger partial charge in [-0.2, -0.15) is 0 Å². The third kappa shape index (κ3) is 4.47. The van der Waals surface area contributed by atoms with Crippen LogP contribution in [-0.2, 0) is 22.3 Å². The van der Waals surface area contributed by atoms with Crippen LogP contribution < -0.4 is 15.2 Å². The zero-order chi connectivity index (χ0) is 15.3. The van der Waals surface area contributed by atoms with Crippen molar-refractivity contribution in [2.75, 3.05) is 11.8 Å². The number of sulfonamides is 1. The van der Waals surface area contributed by atoms with Crippen molar-refractivity contribution in [3.63, 3.8) is 0 Å². The lowest BCUT2D eigenvalue weighted by molar-refractivity contribution is 0.415. The van der Waals surface area contributed by atoms with Gasteiger partial charge in [-0.25, -0.2) is 8.42 Å². The maximum Gasteiger partial charge on any atom is 0.236 e. The first-order valence-electron chi connectivity index (χ1n) is 6.45. The maximum atomic E-state index is 12.1. The molecule has 0 fully saturated rings. The van der Waals surface area contributed by atoms with Gasteiger partial charge < -0.3 is 10.5 Å². The molecular weight excluding hydrogens is 288 g/mol. The topological polar surface area (TPSA) is 81.4 Å². The number of nitrogens with one attached hydrogen (secondary N) is 1. The average Bonchev–Trinajstić information content (AvgIpc) is 2.47. The van der Waals surface area contributed by atoms with E-state index in [0.717, 1.165) is 5.56 Å². The standard InChI is InChI=1S/C15H18N2O3S/c1-20-15-4-2-3-14(9-15)17-21(18,19)11-13-7-5-12(10-16)6-8-13/h2-9,17H,10-11,16H2,1H3. The van der Waals surface area contributed by atoms with Crippen LogP contribution in [0.5, 0.6) is 5.75 Å². The Kier molecular flexibility index (Phi) is 4.82. The van der Waals surface area contributed by atoms with Gasteiger partial charge in [0.15, 0.2) is 0 Å². The molecule has 0 aliphatic rings. The van der Waals surface area contributed by atoms with E-state index in [1.54, 1.807) is 36.4 Å². The normalized spacial score (nSPS) is 11.1. The highest BCUT2D eigenvalue weighted by molar-refractivity contribution is 7.91. The van der Waals surface area contributed by atoms with Gasteiger partial charge in [0.25, 0.3) is 0 Å². The molecule has 0 aromatic heterocycles. The molecule has 112 valence electrons. The Morgan fingerprint density at radius 3 is 2.38 bits per heavy atom. The molecule has 0 bridgehead atoms. The molecular formula is C15H18N2O3S. The molecule has 2 aromatic rings. The second kappa shape index (κ2) is 6.60. The van der Waals surface area contributed by atoms with Crippen molar-refractivity contribution in [3.8, 4) is 5.75 Å². The summed E-state index contributed by atoms with van der Waals surface area (Å²) >= 11 is 0. The molecule has 2 aromatic carbocycles. The van der Waals surface area contributed by atoms with Gasteiger partial charge in [0.1, 0.15) is 5.75 Å². The minimum Gasteiger partial charge on any atom is -0.497 e. The summed E-state index contributed by atoms with van der Waals surface area (Å²) in [6, 6.07) is 14.0. The average molecular weight is 306 g/mol. The van der Waals surface area contributed by atoms with E-state index >= 15 is 0 Å². The Hall–Kier alpha value is -2.05. The number of nitrogens with two attached hydrogens (primary N) is 1. The van der Waals surface area contributed by atoms with Crippen molar-refractivity contribution < 1.29 is 13.2 Å². The van der Waals surface area contributed by atoms with E-state index in [0.29, 0.717) is 23.5 Å². The van der Waals surface area contributed by atoms with Crippen LogP contribution in [0.15, 0.2) is 48.5 Å². The summed E-state index contributed by atoms with van der Waals surface area (Å²) in [5.41, 5.74) is 7.67. The third-order valence-corrected chi connectivity index (χ3v) is 4.22. The number of benzene rings is 2. The Morgan fingerprint density at radius 1 is 1.10 bits per heavy atom. The number of hydrogen-bond acceptors (Lipinski definition) is 4. The molecule has 0 spiro atoms. The number of rotatable bonds is 6. The molecule has 0 unspecified atom stereocenters.